The Morgan fingerprint density at radius 1 is 0.519 bits per heavy atom. The number of allylic oxidation sites excluding steroid dienone is 2. The molecule has 4 nitrogen and oxygen atoms in total. The van der Waals surface area contributed by atoms with Crippen molar-refractivity contribution in [3.63, 3.8) is 0 Å². The van der Waals surface area contributed by atoms with E-state index in [0.29, 0.717) is 0 Å². The maximum absolute atomic E-state index is 6.26. The Kier molecular flexibility index (Phi) is 5.70. The minimum Gasteiger partial charge on any atom is -0.460 e. The minimum atomic E-state index is 0.275. The summed E-state index contributed by atoms with van der Waals surface area (Å²) in [6.07, 6.45) is 9.99. The van der Waals surface area contributed by atoms with Gasteiger partial charge >= 0.3 is 0 Å². The van der Waals surface area contributed by atoms with Gasteiger partial charge in [-0.1, -0.05) is 84.9 Å². The molecular formula is C48H32N2O2. The number of benzene rings is 6. The maximum Gasteiger partial charge on any atom is 0.135 e. The highest BCUT2D eigenvalue weighted by Crippen LogP contribution is 2.43. The Morgan fingerprint density at radius 3 is 2.08 bits per heavy atom. The highest BCUT2D eigenvalue weighted by Gasteiger charge is 2.27. The van der Waals surface area contributed by atoms with Gasteiger partial charge in [-0.3, -0.25) is 0 Å². The van der Waals surface area contributed by atoms with Crippen LogP contribution in [-0.2, 0) is 12.8 Å². The number of hydrogen-bond donors (Lipinski definition) is 0. The van der Waals surface area contributed by atoms with Crippen molar-refractivity contribution in [1.82, 2.24) is 9.13 Å². The van der Waals surface area contributed by atoms with Crippen molar-refractivity contribution >= 4 is 83.5 Å². The number of aryl methyl sites for hydroxylation is 1. The quantitative estimate of drug-likeness (QED) is 0.188. The van der Waals surface area contributed by atoms with E-state index in [0.717, 1.165) is 58.2 Å². The first-order valence-electron chi connectivity index (χ1n) is 18.2. The fraction of sp³-hybridized carbons (Fsp3) is 0.0833. The van der Waals surface area contributed by atoms with Crippen LogP contribution in [0, 0.1) is 0 Å². The lowest BCUT2D eigenvalue weighted by molar-refractivity contribution is 0.546. The predicted molar refractivity (Wildman–Crippen MR) is 214 cm³/mol. The van der Waals surface area contributed by atoms with Crippen LogP contribution >= 0.6 is 0 Å². The molecular weight excluding hydrogens is 637 g/mol. The molecule has 10 aromatic rings. The normalized spacial score (nSPS) is 15.7. The van der Waals surface area contributed by atoms with Gasteiger partial charge in [-0.2, -0.15) is 0 Å². The number of fused-ring (bicyclic) bond motifs is 12. The summed E-state index contributed by atoms with van der Waals surface area (Å²) in [4.78, 5) is 0. The fourth-order valence-corrected chi connectivity index (χ4v) is 9.22. The molecule has 1 unspecified atom stereocenters. The van der Waals surface area contributed by atoms with E-state index in [2.05, 4.69) is 149 Å². The lowest BCUT2D eigenvalue weighted by Gasteiger charge is -2.22. The number of hydrogen-bond acceptors (Lipinski definition) is 2. The van der Waals surface area contributed by atoms with Crippen molar-refractivity contribution in [3.8, 4) is 5.69 Å². The number of para-hydroxylation sites is 4. The van der Waals surface area contributed by atoms with Gasteiger partial charge in [0.05, 0.1) is 16.6 Å². The van der Waals surface area contributed by atoms with Gasteiger partial charge in [0, 0.05) is 67.3 Å². The molecule has 4 heteroatoms. The molecule has 0 bridgehead atoms. The maximum atomic E-state index is 6.26. The van der Waals surface area contributed by atoms with E-state index in [1.807, 2.05) is 12.1 Å². The Balaban J connectivity index is 0.974. The van der Waals surface area contributed by atoms with Gasteiger partial charge < -0.3 is 18.0 Å². The molecule has 0 saturated heterocycles. The summed E-state index contributed by atoms with van der Waals surface area (Å²) in [7, 11) is 0. The van der Waals surface area contributed by atoms with Crippen molar-refractivity contribution in [2.45, 2.75) is 25.2 Å². The molecule has 0 amide bonds. The molecule has 4 aromatic heterocycles. The van der Waals surface area contributed by atoms with Gasteiger partial charge in [0.2, 0.25) is 0 Å². The summed E-state index contributed by atoms with van der Waals surface area (Å²) in [5.41, 5.74) is 14.3. The van der Waals surface area contributed by atoms with Crippen molar-refractivity contribution < 1.29 is 8.83 Å². The lowest BCUT2D eigenvalue weighted by atomic mass is 9.86. The predicted octanol–water partition coefficient (Wildman–Crippen LogP) is 12.7. The number of furan rings is 2. The smallest absolute Gasteiger partial charge is 0.135 e. The Hall–Kier alpha value is -6.52. The van der Waals surface area contributed by atoms with Gasteiger partial charge in [0.25, 0.3) is 0 Å². The summed E-state index contributed by atoms with van der Waals surface area (Å²) in [5.74, 6) is 1.37. The Labute approximate surface area is 299 Å². The molecule has 0 aliphatic heterocycles. The van der Waals surface area contributed by atoms with Gasteiger partial charge in [0.15, 0.2) is 0 Å². The largest absolute Gasteiger partial charge is 0.460 e. The standard InChI is InChI=1S/C48H32N2O2/c1-5-13-41-33(9-1)37-25-29(17-21-43(37)49(41)31-19-23-47-39(27-31)35-11-3-7-15-45(35)51-47)30-18-22-44-38(26-30)34-10-2-6-14-42(34)50(44)32-20-24-48-40(28-32)36-12-4-8-16-46(36)52-48/h1-19,21-23,25,27-28,30H,20,24,26H2. The van der Waals surface area contributed by atoms with Gasteiger partial charge in [0.1, 0.15) is 22.5 Å². The first-order chi connectivity index (χ1) is 25.8. The highest BCUT2D eigenvalue weighted by atomic mass is 16.3. The van der Waals surface area contributed by atoms with Crippen molar-refractivity contribution in [2.24, 2.45) is 0 Å². The molecule has 0 fully saturated rings. The molecule has 2 aliphatic rings. The molecule has 12 rings (SSSR count). The first kappa shape index (κ1) is 28.2. The zero-order valence-electron chi connectivity index (χ0n) is 28.3. The van der Waals surface area contributed by atoms with E-state index in [4.69, 9.17) is 8.83 Å². The van der Waals surface area contributed by atoms with Gasteiger partial charge in [-0.15, -0.1) is 0 Å². The SMILES string of the molecule is C1=CC(c2ccc3c(c2)c2ccccc2n3-c2ccc3oc4ccccc4c3c2)Cc2c1n(C1=Cc3c(oc4ccccc34)CC1)c1ccccc21. The van der Waals surface area contributed by atoms with Crippen molar-refractivity contribution in [1.29, 1.82) is 0 Å². The molecule has 6 aromatic carbocycles. The van der Waals surface area contributed by atoms with E-state index >= 15 is 0 Å². The summed E-state index contributed by atoms with van der Waals surface area (Å²) in [5, 5.41) is 7.37. The molecule has 2 aliphatic carbocycles. The monoisotopic (exact) mass is 668 g/mol. The zero-order chi connectivity index (χ0) is 33.9. The molecule has 0 radical (unpaired) electrons. The zero-order valence-corrected chi connectivity index (χ0v) is 28.3. The fourth-order valence-electron chi connectivity index (χ4n) is 9.22. The number of nitrogens with zero attached hydrogens (tertiary/aromatic N) is 2. The van der Waals surface area contributed by atoms with Crippen LogP contribution in [0.2, 0.25) is 0 Å². The molecule has 0 N–H and O–H groups in total. The summed E-state index contributed by atoms with van der Waals surface area (Å²) >= 11 is 0. The molecule has 0 spiro atoms. The second-order valence-electron chi connectivity index (χ2n) is 14.4. The molecule has 246 valence electrons. The van der Waals surface area contributed by atoms with Gasteiger partial charge in [-0.05, 0) is 90.7 Å². The van der Waals surface area contributed by atoms with Crippen molar-refractivity contribution in [2.75, 3.05) is 0 Å². The summed E-state index contributed by atoms with van der Waals surface area (Å²) < 4.78 is 17.4. The van der Waals surface area contributed by atoms with Crippen LogP contribution in [0.15, 0.2) is 148 Å². The van der Waals surface area contributed by atoms with Crippen LogP contribution in [0.3, 0.4) is 0 Å². The molecule has 4 heterocycles. The van der Waals surface area contributed by atoms with E-state index in [1.165, 1.54) is 66.2 Å². The Bertz CT molecular complexity index is 3170. The third kappa shape index (κ3) is 3.92. The minimum absolute atomic E-state index is 0.275. The van der Waals surface area contributed by atoms with E-state index in [1.54, 1.807) is 0 Å². The number of rotatable bonds is 3. The molecule has 1 atom stereocenters. The third-order valence-electron chi connectivity index (χ3n) is 11.6. The van der Waals surface area contributed by atoms with E-state index < -0.39 is 0 Å². The molecule has 52 heavy (non-hydrogen) atoms. The van der Waals surface area contributed by atoms with Crippen LogP contribution < -0.4 is 0 Å². The van der Waals surface area contributed by atoms with Crippen molar-refractivity contribution in [3.05, 3.63) is 168 Å². The first-order valence-corrected chi connectivity index (χ1v) is 18.2. The second-order valence-corrected chi connectivity index (χ2v) is 14.4. The topological polar surface area (TPSA) is 36.1 Å². The highest BCUT2D eigenvalue weighted by molar-refractivity contribution is 6.11. The average molecular weight is 669 g/mol. The lowest BCUT2D eigenvalue weighted by Crippen LogP contribution is -2.09. The van der Waals surface area contributed by atoms with Crippen LogP contribution in [-0.4, -0.2) is 9.13 Å². The second kappa shape index (κ2) is 10.5. The molecule has 0 saturated carbocycles. The van der Waals surface area contributed by atoms with E-state index in [-0.39, 0.29) is 5.92 Å². The van der Waals surface area contributed by atoms with Crippen LogP contribution in [0.4, 0.5) is 0 Å². The van der Waals surface area contributed by atoms with E-state index in [9.17, 15) is 0 Å². The number of aromatic nitrogens is 2. The third-order valence-corrected chi connectivity index (χ3v) is 11.6. The van der Waals surface area contributed by atoms with Crippen LogP contribution in [0.25, 0.3) is 89.2 Å². The average Bonchev–Trinajstić information content (AvgIpc) is 3.94. The summed E-state index contributed by atoms with van der Waals surface area (Å²) in [6, 6.07) is 48.1. The Morgan fingerprint density at radius 2 is 1.21 bits per heavy atom. The van der Waals surface area contributed by atoms with Crippen LogP contribution in [0.1, 0.15) is 40.5 Å². The summed E-state index contributed by atoms with van der Waals surface area (Å²) in [6.45, 7) is 0. The van der Waals surface area contributed by atoms with Gasteiger partial charge in [-0.25, -0.2) is 0 Å². The van der Waals surface area contributed by atoms with Crippen LogP contribution in [0.5, 0.6) is 0 Å².